The lowest BCUT2D eigenvalue weighted by Gasteiger charge is -2.34. The Hall–Kier alpha value is -8.82. The fourth-order valence-corrected chi connectivity index (χ4v) is 17.7. The van der Waals surface area contributed by atoms with Gasteiger partial charge in [0.2, 0.25) is 0 Å². The van der Waals surface area contributed by atoms with Crippen LogP contribution >= 0.6 is 0 Å². The van der Waals surface area contributed by atoms with Crippen molar-refractivity contribution in [2.45, 2.75) is 57.8 Å². The SMILES string of the molecule is CC(C)(C)c1ccc2c(c1)C1(c3cc(/C=C/c4ccc(N(c5ccccc5)c5ccccc5)cc4)ccc3-c3ccc(-c4ccc([Si](c5ccccc5)(c5ccccc5)c5ccccc5)cc4)cc31)c1cc(C(C)(C)C)ccc1-2. The van der Waals surface area contributed by atoms with Gasteiger partial charge in [0.25, 0.3) is 0 Å². The lowest BCUT2D eigenvalue weighted by Crippen LogP contribution is -2.74. The zero-order chi connectivity index (χ0) is 53.9. The van der Waals surface area contributed by atoms with E-state index in [-0.39, 0.29) is 10.8 Å². The predicted molar refractivity (Wildman–Crippen MR) is 339 cm³/mol. The fourth-order valence-electron chi connectivity index (χ4n) is 13.0. The summed E-state index contributed by atoms with van der Waals surface area (Å²) in [4.78, 5) is 2.31. The Bertz CT molecular complexity index is 3840. The highest BCUT2D eigenvalue weighted by Crippen LogP contribution is 2.64. The lowest BCUT2D eigenvalue weighted by molar-refractivity contribution is 0.586. The normalized spacial score (nSPS) is 13.2. The van der Waals surface area contributed by atoms with E-state index < -0.39 is 13.5 Å². The summed E-state index contributed by atoms with van der Waals surface area (Å²) in [6, 6.07) is 103. The zero-order valence-electron chi connectivity index (χ0n) is 46.1. The molecule has 0 atom stereocenters. The number of rotatable bonds is 10. The molecule has 0 heterocycles. The Morgan fingerprint density at radius 2 is 0.646 bits per heavy atom. The highest BCUT2D eigenvalue weighted by molar-refractivity contribution is 7.19. The van der Waals surface area contributed by atoms with Gasteiger partial charge in [0.05, 0.1) is 5.41 Å². The maximum Gasteiger partial charge on any atom is 0.179 e. The smallest absolute Gasteiger partial charge is 0.179 e. The quantitative estimate of drug-likeness (QED) is 0.0750. The van der Waals surface area contributed by atoms with Crippen LogP contribution in [0.4, 0.5) is 17.1 Å². The minimum atomic E-state index is -2.71. The van der Waals surface area contributed by atoms with E-state index in [9.17, 15) is 0 Å². The van der Waals surface area contributed by atoms with Crippen LogP contribution in [0, 0.1) is 0 Å². The maximum atomic E-state index is 2.56. The topological polar surface area (TPSA) is 3.24 Å². The average Bonchev–Trinajstić information content (AvgIpc) is 2.63. The molecule has 0 fully saturated rings. The number of fused-ring (bicyclic) bond motifs is 10. The van der Waals surface area contributed by atoms with Gasteiger partial charge in [0.15, 0.2) is 8.07 Å². The van der Waals surface area contributed by atoms with Crippen molar-refractivity contribution >= 4 is 58.0 Å². The Labute approximate surface area is 468 Å². The number of nitrogens with zero attached hydrogens (tertiary/aromatic N) is 1. The molecule has 79 heavy (non-hydrogen) atoms. The molecule has 11 aromatic carbocycles. The van der Waals surface area contributed by atoms with E-state index in [0.717, 1.165) is 22.6 Å². The molecule has 0 saturated carbocycles. The third kappa shape index (κ3) is 8.45. The molecule has 0 bridgehead atoms. The molecule has 0 amide bonds. The van der Waals surface area contributed by atoms with Gasteiger partial charge in [-0.1, -0.05) is 278 Å². The van der Waals surface area contributed by atoms with Gasteiger partial charge in [-0.25, -0.2) is 0 Å². The minimum absolute atomic E-state index is 0.0490. The van der Waals surface area contributed by atoms with Crippen molar-refractivity contribution < 1.29 is 0 Å². The Kier molecular flexibility index (Phi) is 12.3. The second-order valence-electron chi connectivity index (χ2n) is 23.7. The van der Waals surface area contributed by atoms with E-state index in [1.54, 1.807) is 0 Å². The summed E-state index contributed by atoms with van der Waals surface area (Å²) in [5.41, 5.74) is 20.8. The van der Waals surface area contributed by atoms with Crippen LogP contribution in [-0.2, 0) is 16.2 Å². The Morgan fingerprint density at radius 3 is 1.10 bits per heavy atom. The average molecular weight is 1030 g/mol. The third-order valence-corrected chi connectivity index (χ3v) is 21.7. The van der Waals surface area contributed by atoms with Crippen LogP contribution in [0.1, 0.15) is 86.1 Å². The number of para-hydroxylation sites is 2. The molecule has 2 heteroatoms. The summed E-state index contributed by atoms with van der Waals surface area (Å²) in [5, 5.41) is 5.50. The number of hydrogen-bond donors (Lipinski definition) is 0. The van der Waals surface area contributed by atoms with E-state index in [1.807, 2.05) is 0 Å². The van der Waals surface area contributed by atoms with Crippen molar-refractivity contribution in [2.24, 2.45) is 0 Å². The fraction of sp³-hybridized carbons (Fsp3) is 0.117. The van der Waals surface area contributed by atoms with Crippen LogP contribution < -0.4 is 25.6 Å². The summed E-state index contributed by atoms with van der Waals surface area (Å²) in [6.07, 6.45) is 4.58. The van der Waals surface area contributed by atoms with Crippen LogP contribution in [0.5, 0.6) is 0 Å². The van der Waals surface area contributed by atoms with E-state index in [4.69, 9.17) is 0 Å². The van der Waals surface area contributed by atoms with Crippen LogP contribution in [0.25, 0.3) is 45.5 Å². The van der Waals surface area contributed by atoms with Gasteiger partial charge in [-0.2, -0.15) is 0 Å². The molecular formula is C77H65NSi. The molecule has 0 N–H and O–H groups in total. The van der Waals surface area contributed by atoms with E-state index in [1.165, 1.54) is 93.1 Å². The number of hydrogen-bond acceptors (Lipinski definition) is 1. The van der Waals surface area contributed by atoms with Gasteiger partial charge >= 0.3 is 0 Å². The van der Waals surface area contributed by atoms with Crippen molar-refractivity contribution in [1.29, 1.82) is 0 Å². The molecule has 0 aliphatic heterocycles. The zero-order valence-corrected chi connectivity index (χ0v) is 47.1. The maximum absolute atomic E-state index is 2.71. The van der Waals surface area contributed by atoms with Crippen molar-refractivity contribution in [1.82, 2.24) is 0 Å². The molecule has 1 spiro atoms. The molecule has 382 valence electrons. The first-order valence-corrected chi connectivity index (χ1v) is 30.0. The van der Waals surface area contributed by atoms with Crippen molar-refractivity contribution in [2.75, 3.05) is 4.90 Å². The van der Waals surface area contributed by atoms with Crippen LogP contribution in [0.3, 0.4) is 0 Å². The number of benzene rings is 11. The second kappa shape index (κ2) is 19.6. The van der Waals surface area contributed by atoms with Gasteiger partial charge < -0.3 is 4.90 Å². The molecule has 2 aliphatic rings. The van der Waals surface area contributed by atoms with Crippen LogP contribution in [-0.4, -0.2) is 8.07 Å². The first-order valence-electron chi connectivity index (χ1n) is 28.0. The van der Waals surface area contributed by atoms with Crippen LogP contribution in [0.2, 0.25) is 0 Å². The molecule has 0 radical (unpaired) electrons. The summed E-state index contributed by atoms with van der Waals surface area (Å²) in [6.45, 7) is 14.1. The van der Waals surface area contributed by atoms with Crippen molar-refractivity contribution in [3.63, 3.8) is 0 Å². The van der Waals surface area contributed by atoms with Crippen molar-refractivity contribution in [3.8, 4) is 33.4 Å². The highest BCUT2D eigenvalue weighted by atomic mass is 28.3. The van der Waals surface area contributed by atoms with Crippen molar-refractivity contribution in [3.05, 3.63) is 317 Å². The molecule has 2 aliphatic carbocycles. The third-order valence-electron chi connectivity index (χ3n) is 17.0. The van der Waals surface area contributed by atoms with E-state index in [0.29, 0.717) is 0 Å². The van der Waals surface area contributed by atoms with Gasteiger partial charge in [-0.15, -0.1) is 0 Å². The van der Waals surface area contributed by atoms with E-state index >= 15 is 0 Å². The predicted octanol–water partition coefficient (Wildman–Crippen LogP) is 17.3. The Morgan fingerprint density at radius 1 is 0.304 bits per heavy atom. The molecule has 0 aromatic heterocycles. The van der Waals surface area contributed by atoms with Gasteiger partial charge in [-0.05, 0) is 158 Å². The Balaban J connectivity index is 0.964. The molecule has 1 nitrogen and oxygen atoms in total. The van der Waals surface area contributed by atoms with Crippen LogP contribution in [0.15, 0.2) is 273 Å². The molecular weight excluding hydrogens is 967 g/mol. The summed E-state index contributed by atoms with van der Waals surface area (Å²) < 4.78 is 0. The molecule has 11 aromatic rings. The highest BCUT2D eigenvalue weighted by Gasteiger charge is 2.52. The van der Waals surface area contributed by atoms with Gasteiger partial charge in [0.1, 0.15) is 0 Å². The van der Waals surface area contributed by atoms with Gasteiger partial charge in [0, 0.05) is 17.1 Å². The summed E-state index contributed by atoms with van der Waals surface area (Å²) in [7, 11) is -2.71. The van der Waals surface area contributed by atoms with E-state index in [2.05, 4.69) is 332 Å². The second-order valence-corrected chi connectivity index (χ2v) is 27.5. The molecule has 13 rings (SSSR count). The lowest BCUT2D eigenvalue weighted by atomic mass is 9.68. The molecule has 0 unspecified atom stereocenters. The van der Waals surface area contributed by atoms with Gasteiger partial charge in [-0.3, -0.25) is 0 Å². The standard InChI is InChI=1S/C77H65NSi/c1-75(2,3)58-40-48-69-70-49-41-59(76(4,5)6)53-74(70)77(73(69)52-58)71-50-55(33-32-54-34-42-62(43-35-54)78(60-22-12-7-13-23-60)61-24-14-8-15-25-61)36-46-67(71)68-47-39-57(51-72(68)77)56-37-44-66(45-38-56)79(63-26-16-9-17-27-63,64-28-18-10-19-29-64)65-30-20-11-21-31-65/h7-53H,1-6H3/b33-32+. The summed E-state index contributed by atoms with van der Waals surface area (Å²) >= 11 is 0. The first kappa shape index (κ1) is 49.7. The number of anilines is 3. The molecule has 0 saturated heterocycles. The first-order chi connectivity index (χ1) is 38.4. The largest absolute Gasteiger partial charge is 0.311 e. The summed E-state index contributed by atoms with van der Waals surface area (Å²) in [5.74, 6) is 0. The monoisotopic (exact) mass is 1030 g/mol. The minimum Gasteiger partial charge on any atom is -0.311 e.